The highest BCUT2D eigenvalue weighted by molar-refractivity contribution is 7.21. The molecule has 1 aromatic carbocycles. The molecule has 7 heteroatoms. The van der Waals surface area contributed by atoms with Gasteiger partial charge in [0.05, 0.1) is 10.6 Å². The molecule has 4 rings (SSSR count). The lowest BCUT2D eigenvalue weighted by Crippen LogP contribution is -2.11. The molecular formula is C18H12FN3OS2. The smallest absolute Gasteiger partial charge is 0.267 e. The molecule has 0 aliphatic heterocycles. The number of carbonyl (C=O) groups is 1. The van der Waals surface area contributed by atoms with Gasteiger partial charge in [-0.05, 0) is 36.8 Å². The predicted molar refractivity (Wildman–Crippen MR) is 99.8 cm³/mol. The summed E-state index contributed by atoms with van der Waals surface area (Å²) in [7, 11) is 0. The van der Waals surface area contributed by atoms with E-state index in [-0.39, 0.29) is 11.7 Å². The fourth-order valence-corrected chi connectivity index (χ4v) is 4.43. The van der Waals surface area contributed by atoms with Gasteiger partial charge in [-0.2, -0.15) is 0 Å². The summed E-state index contributed by atoms with van der Waals surface area (Å²) in [5.74, 6) is -0.580. The van der Waals surface area contributed by atoms with Crippen LogP contribution in [0.25, 0.3) is 21.3 Å². The first-order valence-electron chi connectivity index (χ1n) is 7.48. The number of aryl methyl sites for hydroxylation is 1. The lowest BCUT2D eigenvalue weighted by Gasteiger charge is -2.00. The monoisotopic (exact) mass is 369 g/mol. The number of rotatable bonds is 3. The molecule has 0 radical (unpaired) electrons. The van der Waals surface area contributed by atoms with Crippen molar-refractivity contribution in [2.45, 2.75) is 6.92 Å². The highest BCUT2D eigenvalue weighted by Gasteiger charge is 2.19. The Labute approximate surface area is 151 Å². The number of hydrogen-bond acceptors (Lipinski definition) is 5. The van der Waals surface area contributed by atoms with Crippen LogP contribution in [0.1, 0.15) is 15.2 Å². The van der Waals surface area contributed by atoms with Crippen molar-refractivity contribution in [3.63, 3.8) is 0 Å². The van der Waals surface area contributed by atoms with Crippen molar-refractivity contribution in [2.75, 3.05) is 5.32 Å². The molecule has 0 fully saturated rings. The zero-order chi connectivity index (χ0) is 17.4. The Morgan fingerprint density at radius 1 is 1.24 bits per heavy atom. The molecule has 4 aromatic rings. The number of fused-ring (bicyclic) bond motifs is 1. The zero-order valence-corrected chi connectivity index (χ0v) is 14.7. The molecule has 0 aliphatic rings. The van der Waals surface area contributed by atoms with Crippen molar-refractivity contribution >= 4 is 43.8 Å². The van der Waals surface area contributed by atoms with Gasteiger partial charge in [-0.25, -0.2) is 9.37 Å². The quantitative estimate of drug-likeness (QED) is 0.545. The molecule has 3 heterocycles. The van der Waals surface area contributed by atoms with E-state index >= 15 is 0 Å². The Morgan fingerprint density at radius 2 is 2.12 bits per heavy atom. The molecule has 1 amide bonds. The first-order chi connectivity index (χ1) is 12.1. The molecule has 25 heavy (non-hydrogen) atoms. The second-order valence-electron chi connectivity index (χ2n) is 5.40. The van der Waals surface area contributed by atoms with Gasteiger partial charge in [-0.15, -0.1) is 22.7 Å². The highest BCUT2D eigenvalue weighted by atomic mass is 32.1. The largest absolute Gasteiger partial charge is 0.297 e. The molecule has 3 aromatic heterocycles. The number of aromatic nitrogens is 2. The molecular weight excluding hydrogens is 357 g/mol. The molecule has 0 bridgehead atoms. The van der Waals surface area contributed by atoms with Crippen LogP contribution in [0.5, 0.6) is 0 Å². The van der Waals surface area contributed by atoms with Gasteiger partial charge in [0.15, 0.2) is 5.13 Å². The van der Waals surface area contributed by atoms with E-state index in [4.69, 9.17) is 0 Å². The Bertz CT molecular complexity index is 1070. The van der Waals surface area contributed by atoms with Gasteiger partial charge in [0, 0.05) is 33.4 Å². The Hall–Kier alpha value is -2.64. The molecule has 0 spiro atoms. The number of anilines is 1. The third-order valence-electron chi connectivity index (χ3n) is 3.79. The van der Waals surface area contributed by atoms with Crippen molar-refractivity contribution in [3.8, 4) is 11.3 Å². The van der Waals surface area contributed by atoms with Crippen LogP contribution >= 0.6 is 22.7 Å². The van der Waals surface area contributed by atoms with Crippen LogP contribution in [0, 0.1) is 12.7 Å². The van der Waals surface area contributed by atoms with E-state index in [2.05, 4.69) is 15.3 Å². The molecule has 0 saturated heterocycles. The number of hydrogen-bond donors (Lipinski definition) is 1. The van der Waals surface area contributed by atoms with E-state index in [1.807, 2.05) is 23.6 Å². The van der Waals surface area contributed by atoms with Crippen LogP contribution in [0.4, 0.5) is 9.52 Å². The van der Waals surface area contributed by atoms with Crippen molar-refractivity contribution in [2.24, 2.45) is 0 Å². The predicted octanol–water partition coefficient (Wildman–Crippen LogP) is 5.12. The minimum Gasteiger partial charge on any atom is -0.297 e. The number of nitrogens with one attached hydrogen (secondary N) is 1. The molecule has 0 unspecified atom stereocenters. The molecule has 0 saturated carbocycles. The number of nitrogens with zero attached hydrogens (tertiary/aromatic N) is 2. The first-order valence-corrected chi connectivity index (χ1v) is 9.18. The first kappa shape index (κ1) is 15.9. The van der Waals surface area contributed by atoms with E-state index < -0.39 is 0 Å². The summed E-state index contributed by atoms with van der Waals surface area (Å²) in [6.45, 7) is 1.76. The summed E-state index contributed by atoms with van der Waals surface area (Å²) in [4.78, 5) is 21.6. The third-order valence-corrected chi connectivity index (χ3v) is 5.80. The van der Waals surface area contributed by atoms with Crippen LogP contribution in [-0.2, 0) is 0 Å². The number of thiophene rings is 1. The number of amides is 1. The van der Waals surface area contributed by atoms with Crippen LogP contribution < -0.4 is 5.32 Å². The second-order valence-corrected chi connectivity index (χ2v) is 7.31. The zero-order valence-electron chi connectivity index (χ0n) is 13.1. The van der Waals surface area contributed by atoms with Gasteiger partial charge in [0.25, 0.3) is 5.91 Å². The van der Waals surface area contributed by atoms with Gasteiger partial charge in [0.1, 0.15) is 5.82 Å². The molecule has 0 aliphatic carbocycles. The number of halogens is 1. The van der Waals surface area contributed by atoms with E-state index in [1.54, 1.807) is 25.4 Å². The Kier molecular flexibility index (Phi) is 4.03. The lowest BCUT2D eigenvalue weighted by atomic mass is 10.1. The van der Waals surface area contributed by atoms with Crippen molar-refractivity contribution in [1.82, 2.24) is 9.97 Å². The minimum atomic E-state index is -0.307. The topological polar surface area (TPSA) is 54.9 Å². The van der Waals surface area contributed by atoms with Crippen LogP contribution in [0.15, 0.2) is 48.1 Å². The fourth-order valence-electron chi connectivity index (χ4n) is 2.60. The maximum absolute atomic E-state index is 14.0. The summed E-state index contributed by atoms with van der Waals surface area (Å²) in [6.07, 6.45) is 3.42. The van der Waals surface area contributed by atoms with Crippen molar-refractivity contribution in [1.29, 1.82) is 0 Å². The average molecular weight is 369 g/mol. The Balaban J connectivity index is 1.62. The second kappa shape index (κ2) is 6.34. The van der Waals surface area contributed by atoms with E-state index in [0.717, 1.165) is 16.0 Å². The summed E-state index contributed by atoms with van der Waals surface area (Å²) in [5.41, 5.74) is 2.30. The standard InChI is InChI=1S/C18H12FN3OS2/c1-10-15-12(19)5-2-6-14(15)25-16(10)17(23)22-18-21-13(9-24-18)11-4-3-7-20-8-11/h2-9H,1H3,(H,21,22,23). The van der Waals surface area contributed by atoms with E-state index in [9.17, 15) is 9.18 Å². The van der Waals surface area contributed by atoms with Gasteiger partial charge < -0.3 is 0 Å². The minimum absolute atomic E-state index is 0.273. The highest BCUT2D eigenvalue weighted by Crippen LogP contribution is 2.33. The van der Waals surface area contributed by atoms with Crippen LogP contribution in [0.2, 0.25) is 0 Å². The summed E-state index contributed by atoms with van der Waals surface area (Å²) in [5, 5.41) is 5.68. The van der Waals surface area contributed by atoms with E-state index in [0.29, 0.717) is 21.0 Å². The number of benzene rings is 1. The fraction of sp³-hybridized carbons (Fsp3) is 0.0556. The molecule has 1 N–H and O–H groups in total. The molecule has 124 valence electrons. The Morgan fingerprint density at radius 3 is 2.88 bits per heavy atom. The maximum Gasteiger partial charge on any atom is 0.267 e. The van der Waals surface area contributed by atoms with Gasteiger partial charge in [-0.3, -0.25) is 15.1 Å². The van der Waals surface area contributed by atoms with Gasteiger partial charge >= 0.3 is 0 Å². The van der Waals surface area contributed by atoms with Crippen LogP contribution in [0.3, 0.4) is 0 Å². The van der Waals surface area contributed by atoms with Gasteiger partial charge in [-0.1, -0.05) is 6.07 Å². The lowest BCUT2D eigenvalue weighted by molar-refractivity contribution is 0.103. The number of thiazole rings is 1. The van der Waals surface area contributed by atoms with Gasteiger partial charge in [0.2, 0.25) is 0 Å². The maximum atomic E-state index is 14.0. The normalized spacial score (nSPS) is 11.0. The average Bonchev–Trinajstić information content (AvgIpc) is 3.21. The molecule has 0 atom stereocenters. The number of pyridine rings is 1. The van der Waals surface area contributed by atoms with Crippen molar-refractivity contribution < 1.29 is 9.18 Å². The third kappa shape index (κ3) is 2.92. The van der Waals surface area contributed by atoms with Crippen molar-refractivity contribution in [3.05, 3.63) is 64.4 Å². The molecule has 4 nitrogen and oxygen atoms in total. The summed E-state index contributed by atoms with van der Waals surface area (Å²) >= 11 is 2.63. The number of carbonyl (C=O) groups excluding carboxylic acids is 1. The summed E-state index contributed by atoms with van der Waals surface area (Å²) in [6, 6.07) is 8.62. The summed E-state index contributed by atoms with van der Waals surface area (Å²) < 4.78 is 14.8. The van der Waals surface area contributed by atoms with Crippen LogP contribution in [-0.4, -0.2) is 15.9 Å². The van der Waals surface area contributed by atoms with E-state index in [1.165, 1.54) is 28.7 Å². The SMILES string of the molecule is Cc1c(C(=O)Nc2nc(-c3cccnc3)cs2)sc2cccc(F)c12.